The number of anilines is 2. The zero-order chi connectivity index (χ0) is 19.6. The lowest BCUT2D eigenvalue weighted by Gasteiger charge is -2.17. The van der Waals surface area contributed by atoms with Crippen LogP contribution in [0.5, 0.6) is 0 Å². The molecule has 7 nitrogen and oxygen atoms in total. The van der Waals surface area contributed by atoms with Gasteiger partial charge in [-0.05, 0) is 31.4 Å². The van der Waals surface area contributed by atoms with Crippen LogP contribution in [0.4, 0.5) is 10.8 Å². The first-order valence-corrected chi connectivity index (χ1v) is 10.3. The predicted molar refractivity (Wildman–Crippen MR) is 106 cm³/mol. The Balaban J connectivity index is 1.70. The molecule has 1 aromatic carbocycles. The van der Waals surface area contributed by atoms with E-state index in [2.05, 4.69) is 15.0 Å². The van der Waals surface area contributed by atoms with Crippen molar-refractivity contribution in [3.63, 3.8) is 0 Å². The van der Waals surface area contributed by atoms with Crippen molar-refractivity contribution in [3.05, 3.63) is 34.8 Å². The van der Waals surface area contributed by atoms with Gasteiger partial charge in [-0.2, -0.15) is 0 Å². The van der Waals surface area contributed by atoms with E-state index in [4.69, 9.17) is 0 Å². The Hall–Kier alpha value is -2.39. The zero-order valence-corrected chi connectivity index (χ0v) is 16.8. The van der Waals surface area contributed by atoms with Gasteiger partial charge in [0.1, 0.15) is 0 Å². The number of esters is 1. The topological polar surface area (TPSA) is 88.6 Å². The van der Waals surface area contributed by atoms with Crippen LogP contribution in [0.15, 0.2) is 29.2 Å². The third kappa shape index (κ3) is 4.14. The van der Waals surface area contributed by atoms with Gasteiger partial charge < -0.3 is 15.0 Å². The fourth-order valence-electron chi connectivity index (χ4n) is 2.85. The maximum absolute atomic E-state index is 12.6. The molecule has 9 heteroatoms. The van der Waals surface area contributed by atoms with Gasteiger partial charge in [0.05, 0.1) is 13.0 Å². The van der Waals surface area contributed by atoms with E-state index < -0.39 is 11.9 Å². The number of nitrogens with zero attached hydrogens (tertiary/aromatic N) is 2. The molecule has 2 amide bonds. The maximum atomic E-state index is 12.6. The Morgan fingerprint density at radius 1 is 1.41 bits per heavy atom. The minimum absolute atomic E-state index is 0.0843. The van der Waals surface area contributed by atoms with Gasteiger partial charge in [0.25, 0.3) is 0 Å². The molecule has 0 unspecified atom stereocenters. The zero-order valence-electron chi connectivity index (χ0n) is 15.1. The highest BCUT2D eigenvalue weighted by Gasteiger charge is 2.35. The van der Waals surface area contributed by atoms with E-state index in [0.29, 0.717) is 16.6 Å². The van der Waals surface area contributed by atoms with Crippen LogP contribution in [0.2, 0.25) is 0 Å². The summed E-state index contributed by atoms with van der Waals surface area (Å²) in [6.07, 6.45) is 2.11. The van der Waals surface area contributed by atoms with Gasteiger partial charge in [0, 0.05) is 28.4 Å². The van der Waals surface area contributed by atoms with E-state index >= 15 is 0 Å². The standard InChI is InChI=1S/C18H19N3O4S2/c1-10-15(17(24)25-2)19-18(27-10)20-16(23)11-7-14(22)21(9-11)12-5-4-6-13(8-12)26-3/h4-6,8,11H,7,9H2,1-3H3,(H,19,20,23)/t11-/m0/s1. The number of methoxy groups -OCH3 is 1. The molecule has 1 N–H and O–H groups in total. The second-order valence-corrected chi connectivity index (χ2v) is 8.09. The highest BCUT2D eigenvalue weighted by Crippen LogP contribution is 2.29. The van der Waals surface area contributed by atoms with Crippen molar-refractivity contribution in [1.82, 2.24) is 4.98 Å². The van der Waals surface area contributed by atoms with E-state index in [9.17, 15) is 14.4 Å². The minimum Gasteiger partial charge on any atom is -0.464 e. The number of carbonyl (C=O) groups is 3. The molecule has 1 fully saturated rings. The summed E-state index contributed by atoms with van der Waals surface area (Å²) in [6.45, 7) is 2.05. The van der Waals surface area contributed by atoms with Gasteiger partial charge in [0.2, 0.25) is 11.8 Å². The third-order valence-electron chi connectivity index (χ3n) is 4.27. The lowest BCUT2D eigenvalue weighted by Crippen LogP contribution is -2.28. The second kappa shape index (κ2) is 8.10. The van der Waals surface area contributed by atoms with E-state index in [1.807, 2.05) is 30.5 Å². The number of nitrogens with one attached hydrogen (secondary N) is 1. The first-order valence-electron chi connectivity index (χ1n) is 8.24. The van der Waals surface area contributed by atoms with Crippen LogP contribution in [0.3, 0.4) is 0 Å². The average Bonchev–Trinajstić information content (AvgIpc) is 3.23. The van der Waals surface area contributed by atoms with Gasteiger partial charge in [-0.1, -0.05) is 6.07 Å². The summed E-state index contributed by atoms with van der Waals surface area (Å²) in [5.41, 5.74) is 0.982. The molecule has 142 valence electrons. The fourth-order valence-corrected chi connectivity index (χ4v) is 4.11. The highest BCUT2D eigenvalue weighted by atomic mass is 32.2. The number of amides is 2. The molecular weight excluding hydrogens is 386 g/mol. The number of benzene rings is 1. The van der Waals surface area contributed by atoms with Gasteiger partial charge >= 0.3 is 5.97 Å². The molecule has 1 aliphatic heterocycles. The number of rotatable bonds is 5. The summed E-state index contributed by atoms with van der Waals surface area (Å²) in [7, 11) is 1.28. The Morgan fingerprint density at radius 2 is 2.19 bits per heavy atom. The molecule has 0 spiro atoms. The third-order valence-corrected chi connectivity index (χ3v) is 5.88. The summed E-state index contributed by atoms with van der Waals surface area (Å²) < 4.78 is 4.67. The SMILES string of the molecule is COC(=O)c1nc(NC(=O)[C@H]2CC(=O)N(c3cccc(SC)c3)C2)sc1C. The molecule has 1 aliphatic rings. The number of hydrogen-bond donors (Lipinski definition) is 1. The van der Waals surface area contributed by atoms with Crippen molar-refractivity contribution in [2.45, 2.75) is 18.2 Å². The molecule has 2 heterocycles. The van der Waals surface area contributed by atoms with Crippen LogP contribution in [-0.2, 0) is 14.3 Å². The average molecular weight is 406 g/mol. The molecule has 0 radical (unpaired) electrons. The quantitative estimate of drug-likeness (QED) is 0.608. The molecular formula is C18H19N3O4S2. The van der Waals surface area contributed by atoms with E-state index in [-0.39, 0.29) is 23.9 Å². The number of ether oxygens (including phenoxy) is 1. The number of carbonyl (C=O) groups excluding carboxylic acids is 3. The normalized spacial score (nSPS) is 16.5. The van der Waals surface area contributed by atoms with Gasteiger partial charge in [0.15, 0.2) is 10.8 Å². The molecule has 0 saturated carbocycles. The summed E-state index contributed by atoms with van der Waals surface area (Å²) in [4.78, 5) is 44.1. The van der Waals surface area contributed by atoms with Gasteiger partial charge in [-0.25, -0.2) is 9.78 Å². The van der Waals surface area contributed by atoms with Crippen LogP contribution >= 0.6 is 23.1 Å². The van der Waals surface area contributed by atoms with Crippen molar-refractivity contribution in [1.29, 1.82) is 0 Å². The summed E-state index contributed by atoms with van der Waals surface area (Å²) >= 11 is 2.80. The van der Waals surface area contributed by atoms with E-state index in [1.54, 1.807) is 23.6 Å². The number of aromatic nitrogens is 1. The summed E-state index contributed by atoms with van der Waals surface area (Å²) in [5, 5.41) is 3.04. The second-order valence-electron chi connectivity index (χ2n) is 6.01. The van der Waals surface area contributed by atoms with Crippen LogP contribution in [0.25, 0.3) is 0 Å². The van der Waals surface area contributed by atoms with Crippen molar-refractivity contribution in [2.75, 3.05) is 30.1 Å². The largest absolute Gasteiger partial charge is 0.464 e. The van der Waals surface area contributed by atoms with Crippen LogP contribution in [-0.4, -0.2) is 42.7 Å². The Morgan fingerprint density at radius 3 is 2.89 bits per heavy atom. The number of aryl methyl sites for hydroxylation is 1. The Bertz CT molecular complexity index is 896. The van der Waals surface area contributed by atoms with Crippen LogP contribution in [0, 0.1) is 12.8 Å². The van der Waals surface area contributed by atoms with Crippen molar-refractivity contribution < 1.29 is 19.1 Å². The molecule has 3 rings (SSSR count). The molecule has 1 saturated heterocycles. The summed E-state index contributed by atoms with van der Waals surface area (Å²) in [6, 6.07) is 7.68. The molecule has 0 aliphatic carbocycles. The monoisotopic (exact) mass is 405 g/mol. The smallest absolute Gasteiger partial charge is 0.357 e. The van der Waals surface area contributed by atoms with Crippen LogP contribution < -0.4 is 10.2 Å². The molecule has 1 aromatic heterocycles. The van der Waals surface area contributed by atoms with Crippen molar-refractivity contribution in [2.24, 2.45) is 5.92 Å². The Labute approximate surface area is 165 Å². The first kappa shape index (κ1) is 19.4. The Kier molecular flexibility index (Phi) is 5.81. The predicted octanol–water partition coefficient (Wildman–Crippen LogP) is 2.95. The minimum atomic E-state index is -0.542. The lowest BCUT2D eigenvalue weighted by atomic mass is 10.1. The highest BCUT2D eigenvalue weighted by molar-refractivity contribution is 7.98. The maximum Gasteiger partial charge on any atom is 0.357 e. The van der Waals surface area contributed by atoms with Crippen molar-refractivity contribution in [3.8, 4) is 0 Å². The first-order chi connectivity index (χ1) is 12.9. The van der Waals surface area contributed by atoms with Crippen molar-refractivity contribution >= 4 is 51.7 Å². The number of thiazole rings is 1. The van der Waals surface area contributed by atoms with E-state index in [0.717, 1.165) is 10.6 Å². The number of thioether (sulfide) groups is 1. The molecule has 27 heavy (non-hydrogen) atoms. The molecule has 1 atom stereocenters. The molecule has 0 bridgehead atoms. The molecule has 2 aromatic rings. The fraction of sp³-hybridized carbons (Fsp3) is 0.333. The lowest BCUT2D eigenvalue weighted by molar-refractivity contribution is -0.122. The number of hydrogen-bond acceptors (Lipinski definition) is 7. The van der Waals surface area contributed by atoms with Gasteiger partial charge in [-0.3, -0.25) is 9.59 Å². The summed E-state index contributed by atoms with van der Waals surface area (Å²) in [5.74, 6) is -1.38. The van der Waals surface area contributed by atoms with Gasteiger partial charge in [-0.15, -0.1) is 23.1 Å². The van der Waals surface area contributed by atoms with Crippen LogP contribution in [0.1, 0.15) is 21.8 Å². The van der Waals surface area contributed by atoms with E-state index in [1.165, 1.54) is 18.4 Å².